The standard InChI is InChI=1S/C12H12ClN3O2/c1-7(17)8-2-3-11(9(13)6-8)16-5-4-10(15-16)12(14)18/h2-7,17H,1H3,(H2,14,18)/t7-/m0/s1. The van der Waals surface area contributed by atoms with Gasteiger partial charge in [-0.3, -0.25) is 4.79 Å². The number of hydrogen-bond donors (Lipinski definition) is 2. The van der Waals surface area contributed by atoms with Crippen LogP contribution in [-0.4, -0.2) is 20.8 Å². The van der Waals surface area contributed by atoms with Gasteiger partial charge >= 0.3 is 0 Å². The van der Waals surface area contributed by atoms with Crippen molar-refractivity contribution in [3.05, 3.63) is 46.7 Å². The molecule has 0 aliphatic carbocycles. The van der Waals surface area contributed by atoms with Crippen LogP contribution < -0.4 is 5.73 Å². The maximum atomic E-state index is 11.0. The fourth-order valence-electron chi connectivity index (χ4n) is 1.56. The van der Waals surface area contributed by atoms with Crippen LogP contribution in [0, 0.1) is 0 Å². The second-order valence-electron chi connectivity index (χ2n) is 3.90. The predicted octanol–water partition coefficient (Wildman–Crippen LogP) is 1.68. The lowest BCUT2D eigenvalue weighted by Gasteiger charge is -2.09. The fourth-order valence-corrected chi connectivity index (χ4v) is 1.83. The third kappa shape index (κ3) is 2.37. The third-order valence-electron chi connectivity index (χ3n) is 2.54. The van der Waals surface area contributed by atoms with Gasteiger partial charge in [0.2, 0.25) is 0 Å². The molecule has 1 heterocycles. The van der Waals surface area contributed by atoms with Crippen molar-refractivity contribution in [2.75, 3.05) is 0 Å². The van der Waals surface area contributed by atoms with Gasteiger partial charge in [-0.1, -0.05) is 17.7 Å². The van der Waals surface area contributed by atoms with Crippen LogP contribution in [0.5, 0.6) is 0 Å². The van der Waals surface area contributed by atoms with Crippen molar-refractivity contribution in [2.24, 2.45) is 5.73 Å². The van der Waals surface area contributed by atoms with E-state index in [9.17, 15) is 9.90 Å². The van der Waals surface area contributed by atoms with E-state index in [4.69, 9.17) is 17.3 Å². The number of nitrogens with two attached hydrogens (primary N) is 1. The number of carbonyl (C=O) groups is 1. The molecule has 1 amide bonds. The number of primary amides is 1. The van der Waals surface area contributed by atoms with E-state index >= 15 is 0 Å². The summed E-state index contributed by atoms with van der Waals surface area (Å²) in [5.74, 6) is -0.592. The summed E-state index contributed by atoms with van der Waals surface area (Å²) in [6.45, 7) is 1.66. The first-order valence-electron chi connectivity index (χ1n) is 5.32. The van der Waals surface area contributed by atoms with Gasteiger partial charge in [0.05, 0.1) is 16.8 Å². The molecule has 1 aromatic heterocycles. The Kier molecular flexibility index (Phi) is 3.36. The lowest BCUT2D eigenvalue weighted by atomic mass is 10.1. The number of benzene rings is 1. The minimum absolute atomic E-state index is 0.172. The van der Waals surface area contributed by atoms with E-state index in [-0.39, 0.29) is 5.69 Å². The molecule has 5 nitrogen and oxygen atoms in total. The molecule has 0 saturated carbocycles. The summed E-state index contributed by atoms with van der Waals surface area (Å²) < 4.78 is 1.47. The molecule has 3 N–H and O–H groups in total. The number of aliphatic hydroxyl groups excluding tert-OH is 1. The van der Waals surface area contributed by atoms with E-state index in [1.54, 1.807) is 31.3 Å². The van der Waals surface area contributed by atoms with Crippen molar-refractivity contribution in [1.29, 1.82) is 0 Å². The first-order valence-corrected chi connectivity index (χ1v) is 5.70. The van der Waals surface area contributed by atoms with Crippen molar-refractivity contribution < 1.29 is 9.90 Å². The molecular formula is C12H12ClN3O2. The number of rotatable bonds is 3. The topological polar surface area (TPSA) is 81.1 Å². The molecule has 0 radical (unpaired) electrons. The van der Waals surface area contributed by atoms with Gasteiger partial charge in [-0.05, 0) is 30.7 Å². The molecule has 2 rings (SSSR count). The van der Waals surface area contributed by atoms with Gasteiger partial charge in [0.15, 0.2) is 0 Å². The summed E-state index contributed by atoms with van der Waals surface area (Å²) in [6.07, 6.45) is 1.01. The van der Waals surface area contributed by atoms with Gasteiger partial charge in [-0.25, -0.2) is 4.68 Å². The molecule has 0 saturated heterocycles. The molecule has 18 heavy (non-hydrogen) atoms. The van der Waals surface area contributed by atoms with E-state index < -0.39 is 12.0 Å². The molecule has 0 aliphatic heterocycles. The van der Waals surface area contributed by atoms with Crippen molar-refractivity contribution in [3.8, 4) is 5.69 Å². The lowest BCUT2D eigenvalue weighted by molar-refractivity contribution is 0.0995. The quantitative estimate of drug-likeness (QED) is 0.886. The normalized spacial score (nSPS) is 12.4. The average Bonchev–Trinajstić information content (AvgIpc) is 2.78. The largest absolute Gasteiger partial charge is 0.389 e. The Balaban J connectivity index is 2.41. The van der Waals surface area contributed by atoms with E-state index in [1.807, 2.05) is 0 Å². The molecule has 0 aliphatic rings. The highest BCUT2D eigenvalue weighted by Crippen LogP contribution is 2.24. The van der Waals surface area contributed by atoms with Gasteiger partial charge in [-0.15, -0.1) is 0 Å². The second-order valence-corrected chi connectivity index (χ2v) is 4.30. The van der Waals surface area contributed by atoms with Crippen molar-refractivity contribution in [3.63, 3.8) is 0 Å². The Hall–Kier alpha value is -1.85. The number of aliphatic hydroxyl groups is 1. The number of aromatic nitrogens is 2. The molecule has 2 aromatic rings. The van der Waals surface area contributed by atoms with Gasteiger partial charge in [0, 0.05) is 6.20 Å². The van der Waals surface area contributed by atoms with Gasteiger partial charge in [0.25, 0.3) is 5.91 Å². The zero-order chi connectivity index (χ0) is 13.3. The zero-order valence-corrected chi connectivity index (χ0v) is 10.4. The van der Waals surface area contributed by atoms with Crippen LogP contribution >= 0.6 is 11.6 Å². The molecule has 94 valence electrons. The fraction of sp³-hybridized carbons (Fsp3) is 0.167. The maximum Gasteiger partial charge on any atom is 0.269 e. The summed E-state index contributed by atoms with van der Waals surface area (Å²) in [7, 11) is 0. The van der Waals surface area contributed by atoms with E-state index in [1.165, 1.54) is 10.7 Å². The summed E-state index contributed by atoms with van der Waals surface area (Å²) in [4.78, 5) is 11.0. The third-order valence-corrected chi connectivity index (χ3v) is 2.85. The van der Waals surface area contributed by atoms with Crippen molar-refractivity contribution >= 4 is 17.5 Å². The van der Waals surface area contributed by atoms with E-state index in [0.717, 1.165) is 0 Å². The second kappa shape index (κ2) is 4.80. The Labute approximate surface area is 109 Å². The van der Waals surface area contributed by atoms with E-state index in [2.05, 4.69) is 5.10 Å². The summed E-state index contributed by atoms with van der Waals surface area (Å²) in [5, 5.41) is 13.9. The smallest absolute Gasteiger partial charge is 0.269 e. The average molecular weight is 266 g/mol. The first kappa shape index (κ1) is 12.6. The number of nitrogens with zero attached hydrogens (tertiary/aromatic N) is 2. The molecule has 1 aromatic carbocycles. The van der Waals surface area contributed by atoms with Gasteiger partial charge in [-0.2, -0.15) is 5.10 Å². The van der Waals surface area contributed by atoms with Crippen LogP contribution in [0.3, 0.4) is 0 Å². The van der Waals surface area contributed by atoms with Crippen LogP contribution in [0.1, 0.15) is 29.1 Å². The van der Waals surface area contributed by atoms with Crippen LogP contribution in [0.2, 0.25) is 5.02 Å². The van der Waals surface area contributed by atoms with Crippen LogP contribution in [0.25, 0.3) is 5.69 Å². The monoisotopic (exact) mass is 265 g/mol. The highest BCUT2D eigenvalue weighted by Gasteiger charge is 2.10. The highest BCUT2D eigenvalue weighted by atomic mass is 35.5. The lowest BCUT2D eigenvalue weighted by Crippen LogP contribution is -2.12. The molecule has 0 spiro atoms. The maximum absolute atomic E-state index is 11.0. The summed E-state index contributed by atoms with van der Waals surface area (Å²) in [6, 6.07) is 6.65. The molecule has 0 bridgehead atoms. The first-order chi connectivity index (χ1) is 8.49. The SMILES string of the molecule is C[C@H](O)c1ccc(-n2ccc(C(N)=O)n2)c(Cl)c1. The summed E-state index contributed by atoms with van der Waals surface area (Å²) >= 11 is 6.11. The molecular weight excluding hydrogens is 254 g/mol. The molecule has 0 fully saturated rings. The number of carbonyl (C=O) groups excluding carboxylic acids is 1. The van der Waals surface area contributed by atoms with Crippen LogP contribution in [0.15, 0.2) is 30.5 Å². The summed E-state index contributed by atoms with van der Waals surface area (Å²) in [5.41, 5.74) is 6.63. The molecule has 1 atom stereocenters. The Morgan fingerprint density at radius 2 is 2.22 bits per heavy atom. The molecule has 6 heteroatoms. The van der Waals surface area contributed by atoms with Crippen molar-refractivity contribution in [1.82, 2.24) is 9.78 Å². The highest BCUT2D eigenvalue weighted by molar-refractivity contribution is 6.32. The minimum Gasteiger partial charge on any atom is -0.389 e. The van der Waals surface area contributed by atoms with Gasteiger partial charge < -0.3 is 10.8 Å². The predicted molar refractivity (Wildman–Crippen MR) is 67.7 cm³/mol. The Bertz CT molecular complexity index is 593. The number of hydrogen-bond acceptors (Lipinski definition) is 3. The van der Waals surface area contributed by atoms with E-state index in [0.29, 0.717) is 16.3 Å². The number of halogens is 1. The minimum atomic E-state index is -0.592. The zero-order valence-electron chi connectivity index (χ0n) is 9.67. The van der Waals surface area contributed by atoms with Crippen LogP contribution in [0.4, 0.5) is 0 Å². The Morgan fingerprint density at radius 3 is 2.72 bits per heavy atom. The van der Waals surface area contributed by atoms with Gasteiger partial charge in [0.1, 0.15) is 5.69 Å². The number of amides is 1. The molecule has 0 unspecified atom stereocenters. The Morgan fingerprint density at radius 1 is 1.50 bits per heavy atom. The van der Waals surface area contributed by atoms with Crippen LogP contribution in [-0.2, 0) is 0 Å². The van der Waals surface area contributed by atoms with Crippen molar-refractivity contribution in [2.45, 2.75) is 13.0 Å².